The monoisotopic (exact) mass is 342 g/mol. The second-order valence-electron chi connectivity index (χ2n) is 6.82. The molecule has 132 valence electrons. The van der Waals surface area contributed by atoms with E-state index < -0.39 is 17.4 Å². The molecule has 6 nitrogen and oxygen atoms in total. The normalized spacial score (nSPS) is 23.2. The van der Waals surface area contributed by atoms with Crippen molar-refractivity contribution in [3.63, 3.8) is 0 Å². The van der Waals surface area contributed by atoms with Crippen molar-refractivity contribution in [3.05, 3.63) is 41.8 Å². The average molecular weight is 342 g/mol. The molecule has 0 unspecified atom stereocenters. The van der Waals surface area contributed by atoms with E-state index in [2.05, 4.69) is 17.2 Å². The lowest BCUT2D eigenvalue weighted by atomic mass is 9.77. The molecular weight excluding hydrogens is 320 g/mol. The standard InChI is InChI=1S/C19H22N2O4/c1-12-8-10-19(11-9-12,18(23)24)21-16(22)15-13(2)20-17(25-15)14-6-4-3-5-7-14/h3-7,12H,8-11H2,1-2H3,(H,21,22)(H,23,24). The fraction of sp³-hybridized carbons (Fsp3) is 0.421. The highest BCUT2D eigenvalue weighted by Gasteiger charge is 2.43. The summed E-state index contributed by atoms with van der Waals surface area (Å²) in [6, 6.07) is 9.28. The molecule has 1 aromatic carbocycles. The second-order valence-corrected chi connectivity index (χ2v) is 6.82. The van der Waals surface area contributed by atoms with Crippen LogP contribution in [0, 0.1) is 12.8 Å². The minimum Gasteiger partial charge on any atom is -0.480 e. The zero-order chi connectivity index (χ0) is 18.0. The molecule has 0 spiro atoms. The summed E-state index contributed by atoms with van der Waals surface area (Å²) in [6.07, 6.45) is 2.40. The molecule has 0 bridgehead atoms. The highest BCUT2D eigenvalue weighted by Crippen LogP contribution is 2.33. The summed E-state index contributed by atoms with van der Waals surface area (Å²) in [5, 5.41) is 12.4. The number of carbonyl (C=O) groups excluding carboxylic acids is 1. The molecular formula is C19H22N2O4. The van der Waals surface area contributed by atoms with Crippen molar-refractivity contribution in [1.29, 1.82) is 0 Å². The Kier molecular flexibility index (Phi) is 4.61. The lowest BCUT2D eigenvalue weighted by molar-refractivity contribution is -0.146. The van der Waals surface area contributed by atoms with E-state index in [0.29, 0.717) is 30.3 Å². The first-order valence-electron chi connectivity index (χ1n) is 8.50. The maximum absolute atomic E-state index is 12.7. The quantitative estimate of drug-likeness (QED) is 0.888. The summed E-state index contributed by atoms with van der Waals surface area (Å²) >= 11 is 0. The van der Waals surface area contributed by atoms with E-state index in [9.17, 15) is 14.7 Å². The Morgan fingerprint density at radius 1 is 1.24 bits per heavy atom. The first kappa shape index (κ1) is 17.2. The molecule has 1 aromatic heterocycles. The van der Waals surface area contributed by atoms with Gasteiger partial charge in [-0.15, -0.1) is 0 Å². The third-order valence-electron chi connectivity index (χ3n) is 4.91. The summed E-state index contributed by atoms with van der Waals surface area (Å²) in [5.74, 6) is -0.624. The number of aromatic nitrogens is 1. The van der Waals surface area contributed by atoms with E-state index in [1.54, 1.807) is 6.92 Å². The summed E-state index contributed by atoms with van der Waals surface area (Å²) in [7, 11) is 0. The first-order valence-corrected chi connectivity index (χ1v) is 8.50. The molecule has 2 aromatic rings. The van der Waals surface area contributed by atoms with E-state index in [4.69, 9.17) is 4.42 Å². The molecule has 1 aliphatic rings. The molecule has 2 N–H and O–H groups in total. The van der Waals surface area contributed by atoms with Gasteiger partial charge in [-0.05, 0) is 50.7 Å². The van der Waals surface area contributed by atoms with Crippen molar-refractivity contribution in [3.8, 4) is 11.5 Å². The highest BCUT2D eigenvalue weighted by molar-refractivity contribution is 5.96. The number of amides is 1. The van der Waals surface area contributed by atoms with Crippen molar-refractivity contribution < 1.29 is 19.1 Å². The van der Waals surface area contributed by atoms with Gasteiger partial charge < -0.3 is 14.8 Å². The third kappa shape index (κ3) is 3.43. The largest absolute Gasteiger partial charge is 0.480 e. The van der Waals surface area contributed by atoms with Crippen LogP contribution in [0.3, 0.4) is 0 Å². The molecule has 1 fully saturated rings. The Bertz CT molecular complexity index is 774. The van der Waals surface area contributed by atoms with Crippen LogP contribution in [-0.2, 0) is 4.79 Å². The Morgan fingerprint density at radius 2 is 1.88 bits per heavy atom. The average Bonchev–Trinajstić information content (AvgIpc) is 3.00. The van der Waals surface area contributed by atoms with Crippen molar-refractivity contribution in [2.24, 2.45) is 5.92 Å². The Hall–Kier alpha value is -2.63. The Morgan fingerprint density at radius 3 is 2.48 bits per heavy atom. The van der Waals surface area contributed by atoms with Crippen LogP contribution in [0.2, 0.25) is 0 Å². The number of nitrogens with one attached hydrogen (secondary N) is 1. The molecule has 3 rings (SSSR count). The Balaban J connectivity index is 1.83. The number of nitrogens with zero attached hydrogens (tertiary/aromatic N) is 1. The van der Waals surface area contributed by atoms with Gasteiger partial charge in [-0.3, -0.25) is 4.79 Å². The highest BCUT2D eigenvalue weighted by atomic mass is 16.4. The lowest BCUT2D eigenvalue weighted by Gasteiger charge is -2.36. The van der Waals surface area contributed by atoms with Gasteiger partial charge in [-0.2, -0.15) is 0 Å². The summed E-state index contributed by atoms with van der Waals surface area (Å²) in [6.45, 7) is 3.78. The van der Waals surface area contributed by atoms with Crippen LogP contribution >= 0.6 is 0 Å². The van der Waals surface area contributed by atoms with Gasteiger partial charge in [0.1, 0.15) is 5.54 Å². The summed E-state index contributed by atoms with van der Waals surface area (Å²) in [4.78, 5) is 28.8. The molecule has 0 atom stereocenters. The molecule has 0 aliphatic heterocycles. The van der Waals surface area contributed by atoms with Crippen LogP contribution in [0.15, 0.2) is 34.7 Å². The molecule has 6 heteroatoms. The molecule has 25 heavy (non-hydrogen) atoms. The third-order valence-corrected chi connectivity index (χ3v) is 4.91. The van der Waals surface area contributed by atoms with Crippen molar-refractivity contribution in [1.82, 2.24) is 10.3 Å². The second kappa shape index (κ2) is 6.70. The van der Waals surface area contributed by atoms with Crippen LogP contribution in [0.25, 0.3) is 11.5 Å². The number of carboxylic acids is 1. The van der Waals surface area contributed by atoms with E-state index >= 15 is 0 Å². The van der Waals surface area contributed by atoms with Crippen molar-refractivity contribution >= 4 is 11.9 Å². The van der Waals surface area contributed by atoms with Crippen molar-refractivity contribution in [2.75, 3.05) is 0 Å². The molecule has 1 amide bonds. The fourth-order valence-corrected chi connectivity index (χ4v) is 3.23. The smallest absolute Gasteiger partial charge is 0.329 e. The van der Waals surface area contributed by atoms with Gasteiger partial charge in [-0.1, -0.05) is 25.1 Å². The first-order chi connectivity index (χ1) is 11.9. The Labute approximate surface area is 146 Å². The number of aliphatic carboxylic acids is 1. The number of carbonyl (C=O) groups is 2. The SMILES string of the molecule is Cc1nc(-c2ccccc2)oc1C(=O)NC1(C(=O)O)CCC(C)CC1. The van der Waals surface area contributed by atoms with E-state index in [-0.39, 0.29) is 5.76 Å². The molecule has 0 saturated heterocycles. The van der Waals surface area contributed by atoms with Gasteiger partial charge in [0.2, 0.25) is 11.7 Å². The van der Waals surface area contributed by atoms with E-state index in [1.165, 1.54) is 0 Å². The number of aryl methyl sites for hydroxylation is 1. The van der Waals surface area contributed by atoms with Gasteiger partial charge in [0.15, 0.2) is 0 Å². The van der Waals surface area contributed by atoms with Crippen LogP contribution < -0.4 is 5.32 Å². The van der Waals surface area contributed by atoms with Crippen LogP contribution in [-0.4, -0.2) is 27.5 Å². The predicted octanol–water partition coefficient (Wildman–Crippen LogP) is 3.41. The summed E-state index contributed by atoms with van der Waals surface area (Å²) in [5.41, 5.74) is -0.0133. The van der Waals surface area contributed by atoms with Gasteiger partial charge >= 0.3 is 5.97 Å². The van der Waals surface area contributed by atoms with E-state index in [1.807, 2.05) is 30.3 Å². The number of hydrogen-bond donors (Lipinski definition) is 2. The lowest BCUT2D eigenvalue weighted by Crippen LogP contribution is -2.56. The van der Waals surface area contributed by atoms with Crippen LogP contribution in [0.5, 0.6) is 0 Å². The van der Waals surface area contributed by atoms with Crippen LogP contribution in [0.1, 0.15) is 48.9 Å². The molecule has 1 aliphatic carbocycles. The van der Waals surface area contributed by atoms with Gasteiger partial charge in [0.05, 0.1) is 5.69 Å². The zero-order valence-corrected chi connectivity index (χ0v) is 14.4. The van der Waals surface area contributed by atoms with Crippen LogP contribution in [0.4, 0.5) is 0 Å². The zero-order valence-electron chi connectivity index (χ0n) is 14.4. The number of benzene rings is 1. The number of carboxylic acid groups (broad SMARTS) is 1. The number of hydrogen-bond acceptors (Lipinski definition) is 4. The molecule has 1 heterocycles. The summed E-state index contributed by atoms with van der Waals surface area (Å²) < 4.78 is 5.63. The number of oxazole rings is 1. The van der Waals surface area contributed by atoms with E-state index in [0.717, 1.165) is 18.4 Å². The fourth-order valence-electron chi connectivity index (χ4n) is 3.23. The number of rotatable bonds is 4. The molecule has 1 saturated carbocycles. The van der Waals surface area contributed by atoms with Gasteiger partial charge in [0, 0.05) is 5.56 Å². The topological polar surface area (TPSA) is 92.4 Å². The molecule has 0 radical (unpaired) electrons. The maximum atomic E-state index is 12.7. The van der Waals surface area contributed by atoms with Gasteiger partial charge in [-0.25, -0.2) is 9.78 Å². The van der Waals surface area contributed by atoms with Gasteiger partial charge in [0.25, 0.3) is 5.91 Å². The minimum absolute atomic E-state index is 0.0677. The minimum atomic E-state index is -1.23. The maximum Gasteiger partial charge on any atom is 0.329 e. The van der Waals surface area contributed by atoms with Crippen molar-refractivity contribution in [2.45, 2.75) is 45.1 Å². The predicted molar refractivity (Wildman–Crippen MR) is 92.1 cm³/mol.